The second-order valence-corrected chi connectivity index (χ2v) is 6.07. The van der Waals surface area contributed by atoms with Crippen molar-refractivity contribution in [3.05, 3.63) is 74.3 Å². The van der Waals surface area contributed by atoms with Gasteiger partial charge in [0.2, 0.25) is 0 Å². The van der Waals surface area contributed by atoms with Crippen molar-refractivity contribution in [2.24, 2.45) is 7.05 Å². The van der Waals surface area contributed by atoms with E-state index < -0.39 is 10.8 Å². The number of nitro benzene ring substituents is 1. The number of carbonyl (C=O) groups excluding carboxylic acids is 1. The third kappa shape index (κ3) is 3.65. The second kappa shape index (κ2) is 7.82. The number of amides is 1. The van der Waals surface area contributed by atoms with Crippen LogP contribution in [0.2, 0.25) is 0 Å². The number of hydrogen-bond acceptors (Lipinski definition) is 6. The van der Waals surface area contributed by atoms with Crippen molar-refractivity contribution in [3.63, 3.8) is 0 Å². The van der Waals surface area contributed by atoms with Crippen molar-refractivity contribution in [1.29, 1.82) is 0 Å². The van der Waals surface area contributed by atoms with Crippen LogP contribution in [0.1, 0.15) is 15.9 Å². The van der Waals surface area contributed by atoms with Crippen LogP contribution in [0.5, 0.6) is 0 Å². The lowest BCUT2D eigenvalue weighted by Gasteiger charge is -2.07. The van der Waals surface area contributed by atoms with Gasteiger partial charge in [-0.25, -0.2) is 9.48 Å². The molecule has 0 fully saturated rings. The zero-order valence-corrected chi connectivity index (χ0v) is 15.3. The summed E-state index contributed by atoms with van der Waals surface area (Å²) in [4.78, 5) is 39.3. The lowest BCUT2D eigenvalue weighted by Crippen LogP contribution is -2.32. The normalized spacial score (nSPS) is 10.6. The molecule has 1 N–H and O–H groups in total. The van der Waals surface area contributed by atoms with Crippen LogP contribution in [0.3, 0.4) is 0 Å². The highest BCUT2D eigenvalue weighted by Crippen LogP contribution is 2.20. The molecule has 10 heteroatoms. The lowest BCUT2D eigenvalue weighted by molar-refractivity contribution is -0.385. The molecule has 1 aromatic carbocycles. The minimum atomic E-state index is -0.529. The van der Waals surface area contributed by atoms with Crippen LogP contribution in [-0.4, -0.2) is 36.7 Å². The van der Waals surface area contributed by atoms with E-state index in [4.69, 9.17) is 0 Å². The summed E-state index contributed by atoms with van der Waals surface area (Å²) >= 11 is 0. The molecule has 28 heavy (non-hydrogen) atoms. The van der Waals surface area contributed by atoms with Crippen LogP contribution >= 0.6 is 0 Å². The maximum Gasteiger partial charge on any atom is 0.346 e. The molecule has 144 valence electrons. The van der Waals surface area contributed by atoms with Gasteiger partial charge in [-0.3, -0.25) is 24.5 Å². The molecule has 0 aliphatic rings. The highest BCUT2D eigenvalue weighted by molar-refractivity contribution is 5.96. The number of nitro groups is 1. The molecule has 0 aliphatic carbocycles. The topological polar surface area (TPSA) is 125 Å². The Balaban J connectivity index is 1.71. The molecule has 0 unspecified atom stereocenters. The Kier molecular flexibility index (Phi) is 5.30. The van der Waals surface area contributed by atoms with Gasteiger partial charge in [-0.1, -0.05) is 12.1 Å². The van der Waals surface area contributed by atoms with Crippen molar-refractivity contribution in [3.8, 4) is 11.5 Å². The van der Waals surface area contributed by atoms with E-state index in [2.05, 4.69) is 15.4 Å². The molecule has 0 bridgehead atoms. The third-order valence-corrected chi connectivity index (χ3v) is 4.29. The zero-order chi connectivity index (χ0) is 20.3. The first-order valence-electron chi connectivity index (χ1n) is 8.47. The first-order chi connectivity index (χ1) is 13.4. The van der Waals surface area contributed by atoms with Crippen LogP contribution in [-0.2, 0) is 13.6 Å². The largest absolute Gasteiger partial charge is 0.350 e. The molecule has 1 amide bonds. The lowest BCUT2D eigenvalue weighted by atomic mass is 10.1. The number of nitrogens with one attached hydrogen (secondary N) is 1. The van der Waals surface area contributed by atoms with Gasteiger partial charge in [-0.2, -0.15) is 0 Å². The first-order valence-corrected chi connectivity index (χ1v) is 8.47. The fraction of sp³-hybridized carbons (Fsp3) is 0.222. The Morgan fingerprint density at radius 3 is 2.71 bits per heavy atom. The highest BCUT2D eigenvalue weighted by atomic mass is 16.6. The predicted octanol–water partition coefficient (Wildman–Crippen LogP) is 1.29. The fourth-order valence-corrected chi connectivity index (χ4v) is 2.79. The van der Waals surface area contributed by atoms with Crippen molar-refractivity contribution in [2.75, 3.05) is 6.54 Å². The average Bonchev–Trinajstić information content (AvgIpc) is 2.97. The molecule has 3 rings (SSSR count). The Morgan fingerprint density at radius 2 is 2.04 bits per heavy atom. The molecule has 0 radical (unpaired) electrons. The van der Waals surface area contributed by atoms with Gasteiger partial charge in [0.1, 0.15) is 5.69 Å². The number of aromatic nitrogens is 4. The summed E-state index contributed by atoms with van der Waals surface area (Å²) < 4.78 is 2.62. The molecule has 0 atom stereocenters. The van der Waals surface area contributed by atoms with Crippen molar-refractivity contribution in [2.45, 2.75) is 13.5 Å². The minimum Gasteiger partial charge on any atom is -0.350 e. The van der Waals surface area contributed by atoms with Gasteiger partial charge in [0.15, 0.2) is 5.82 Å². The summed E-state index contributed by atoms with van der Waals surface area (Å²) in [7, 11) is 1.60. The Bertz CT molecular complexity index is 1090. The number of pyridine rings is 1. The molecular weight excluding hydrogens is 364 g/mol. The monoisotopic (exact) mass is 382 g/mol. The van der Waals surface area contributed by atoms with Gasteiger partial charge in [0, 0.05) is 37.0 Å². The van der Waals surface area contributed by atoms with E-state index >= 15 is 0 Å². The molecule has 0 saturated carbocycles. The van der Waals surface area contributed by atoms with E-state index in [0.717, 1.165) is 0 Å². The SMILES string of the molecule is Cc1c(C(=O)NCCn2nc(-c3ccccn3)n(C)c2=O)cccc1[N+](=O)[O-]. The third-order valence-electron chi connectivity index (χ3n) is 4.29. The quantitative estimate of drug-likeness (QED) is 0.506. The molecule has 0 aliphatic heterocycles. The number of nitrogens with zero attached hydrogens (tertiary/aromatic N) is 5. The van der Waals surface area contributed by atoms with Crippen LogP contribution in [0, 0.1) is 17.0 Å². The van der Waals surface area contributed by atoms with Crippen LogP contribution in [0.25, 0.3) is 11.5 Å². The van der Waals surface area contributed by atoms with Gasteiger partial charge >= 0.3 is 5.69 Å². The van der Waals surface area contributed by atoms with E-state index in [1.54, 1.807) is 31.4 Å². The van der Waals surface area contributed by atoms with Gasteiger partial charge in [-0.05, 0) is 25.1 Å². The first kappa shape index (κ1) is 19.0. The number of hydrogen-bond donors (Lipinski definition) is 1. The minimum absolute atomic E-state index is 0.117. The van der Waals surface area contributed by atoms with Crippen molar-refractivity contribution >= 4 is 11.6 Å². The molecule has 2 aromatic heterocycles. The summed E-state index contributed by atoms with van der Waals surface area (Å²) in [6, 6.07) is 9.64. The van der Waals surface area contributed by atoms with Crippen molar-refractivity contribution < 1.29 is 9.72 Å². The van der Waals surface area contributed by atoms with Crippen LogP contribution < -0.4 is 11.0 Å². The van der Waals surface area contributed by atoms with Crippen molar-refractivity contribution in [1.82, 2.24) is 24.6 Å². The predicted molar refractivity (Wildman–Crippen MR) is 101 cm³/mol. The number of rotatable bonds is 6. The second-order valence-electron chi connectivity index (χ2n) is 6.07. The summed E-state index contributed by atoms with van der Waals surface area (Å²) in [5.41, 5.74) is 0.626. The number of benzene rings is 1. The zero-order valence-electron chi connectivity index (χ0n) is 15.3. The molecule has 0 saturated heterocycles. The highest BCUT2D eigenvalue weighted by Gasteiger charge is 2.18. The maximum absolute atomic E-state index is 12.4. The smallest absolute Gasteiger partial charge is 0.346 e. The van der Waals surface area contributed by atoms with E-state index in [1.807, 2.05) is 0 Å². The van der Waals surface area contributed by atoms with Gasteiger partial charge in [0.25, 0.3) is 11.6 Å². The van der Waals surface area contributed by atoms with E-state index in [0.29, 0.717) is 11.5 Å². The average molecular weight is 382 g/mol. The van der Waals surface area contributed by atoms with E-state index in [-0.39, 0.29) is 35.6 Å². The Labute approximate surface area is 159 Å². The summed E-state index contributed by atoms with van der Waals surface area (Å²) in [6.45, 7) is 1.81. The van der Waals surface area contributed by atoms with E-state index in [1.165, 1.54) is 34.4 Å². The van der Waals surface area contributed by atoms with Gasteiger partial charge < -0.3 is 5.32 Å². The Morgan fingerprint density at radius 1 is 1.25 bits per heavy atom. The summed E-state index contributed by atoms with van der Waals surface area (Å²) in [6.07, 6.45) is 1.61. The standard InChI is InChI=1S/C18H18N6O4/c1-12-13(6-5-8-15(12)24(27)28)17(25)20-10-11-23-18(26)22(2)16(21-23)14-7-3-4-9-19-14/h3-9H,10-11H2,1-2H3,(H,20,25). The number of carbonyl (C=O) groups is 1. The van der Waals surface area contributed by atoms with Crippen LogP contribution in [0.4, 0.5) is 5.69 Å². The van der Waals surface area contributed by atoms with E-state index in [9.17, 15) is 19.7 Å². The molecule has 10 nitrogen and oxygen atoms in total. The molecule has 2 heterocycles. The van der Waals surface area contributed by atoms with Gasteiger partial charge in [-0.15, -0.1) is 5.10 Å². The molecule has 3 aromatic rings. The summed E-state index contributed by atoms with van der Waals surface area (Å²) in [5, 5.41) is 17.9. The summed E-state index contributed by atoms with van der Waals surface area (Å²) in [5.74, 6) is -0.0263. The Hall–Kier alpha value is -3.82. The van der Waals surface area contributed by atoms with Gasteiger partial charge in [0.05, 0.1) is 11.5 Å². The molecule has 0 spiro atoms. The van der Waals surface area contributed by atoms with Crippen LogP contribution in [0.15, 0.2) is 47.4 Å². The maximum atomic E-state index is 12.4. The fourth-order valence-electron chi connectivity index (χ4n) is 2.79. The molecular formula is C18H18N6O4.